The zero-order valence-corrected chi connectivity index (χ0v) is 12.9. The van der Waals surface area contributed by atoms with Gasteiger partial charge in [-0.3, -0.25) is 9.67 Å². The third-order valence-electron chi connectivity index (χ3n) is 3.93. The minimum atomic E-state index is 0.0993. The summed E-state index contributed by atoms with van der Waals surface area (Å²) >= 11 is 0. The summed E-state index contributed by atoms with van der Waals surface area (Å²) in [7, 11) is 0. The van der Waals surface area contributed by atoms with Crippen molar-refractivity contribution in [1.29, 1.82) is 0 Å². The Morgan fingerprint density at radius 3 is 2.82 bits per heavy atom. The third kappa shape index (κ3) is 2.67. The van der Waals surface area contributed by atoms with E-state index in [0.717, 1.165) is 28.0 Å². The number of aromatic nitrogens is 3. The van der Waals surface area contributed by atoms with E-state index in [1.54, 1.807) is 0 Å². The van der Waals surface area contributed by atoms with Gasteiger partial charge in [0, 0.05) is 29.4 Å². The normalized spacial score (nSPS) is 11.0. The monoisotopic (exact) mass is 296 g/mol. The van der Waals surface area contributed by atoms with Crippen LogP contribution in [-0.2, 0) is 13.1 Å². The molecule has 1 aromatic carbocycles. The zero-order chi connectivity index (χ0) is 15.5. The highest BCUT2D eigenvalue weighted by atomic mass is 16.3. The number of aliphatic hydroxyl groups excluding tert-OH is 1. The van der Waals surface area contributed by atoms with E-state index in [0.29, 0.717) is 13.1 Å². The van der Waals surface area contributed by atoms with Crippen LogP contribution in [0.5, 0.6) is 0 Å². The number of aryl methyl sites for hydroxylation is 1. The molecule has 2 heterocycles. The summed E-state index contributed by atoms with van der Waals surface area (Å²) in [6, 6.07) is 10.1. The minimum Gasteiger partial charge on any atom is -0.394 e. The van der Waals surface area contributed by atoms with E-state index in [4.69, 9.17) is 5.11 Å². The first-order valence-corrected chi connectivity index (χ1v) is 7.42. The first kappa shape index (κ1) is 14.5. The highest BCUT2D eigenvalue weighted by Crippen LogP contribution is 2.22. The maximum absolute atomic E-state index is 9.09. The molecule has 0 aliphatic heterocycles. The van der Waals surface area contributed by atoms with Crippen molar-refractivity contribution >= 4 is 16.6 Å². The summed E-state index contributed by atoms with van der Waals surface area (Å²) in [5, 5.41) is 18.1. The van der Waals surface area contributed by atoms with Crippen molar-refractivity contribution in [2.75, 3.05) is 11.9 Å². The average molecular weight is 296 g/mol. The first-order chi connectivity index (χ1) is 10.7. The number of rotatable bonds is 5. The van der Waals surface area contributed by atoms with E-state index < -0.39 is 0 Å². The number of hydrogen-bond acceptors (Lipinski definition) is 4. The molecule has 0 saturated heterocycles. The molecule has 5 heteroatoms. The lowest BCUT2D eigenvalue weighted by Gasteiger charge is -2.09. The smallest absolute Gasteiger partial charge is 0.0933 e. The molecule has 0 radical (unpaired) electrons. The van der Waals surface area contributed by atoms with E-state index in [1.807, 2.05) is 42.9 Å². The molecule has 0 amide bonds. The van der Waals surface area contributed by atoms with Crippen molar-refractivity contribution in [3.05, 3.63) is 53.5 Å². The topological polar surface area (TPSA) is 63.0 Å². The number of aliphatic hydroxyl groups is 1. The zero-order valence-electron chi connectivity index (χ0n) is 12.9. The predicted molar refractivity (Wildman–Crippen MR) is 87.9 cm³/mol. The highest BCUT2D eigenvalue weighted by Gasteiger charge is 2.11. The van der Waals surface area contributed by atoms with Crippen LogP contribution >= 0.6 is 0 Å². The summed E-state index contributed by atoms with van der Waals surface area (Å²) in [6.07, 6.45) is 1.81. The molecule has 0 unspecified atom stereocenters. The highest BCUT2D eigenvalue weighted by molar-refractivity contribution is 5.90. The van der Waals surface area contributed by atoms with Crippen LogP contribution in [0.1, 0.15) is 17.0 Å². The lowest BCUT2D eigenvalue weighted by Crippen LogP contribution is -2.07. The second kappa shape index (κ2) is 6.15. The standard InChI is InChI=1S/C17H20N4O/c1-12-15(13(2)21(20-12)9-10-22)11-19-16-7-3-5-14-6-4-8-18-17(14)16/h3-8,19,22H,9-11H2,1-2H3. The quantitative estimate of drug-likeness (QED) is 0.760. The van der Waals surface area contributed by atoms with E-state index in [2.05, 4.69) is 27.5 Å². The van der Waals surface area contributed by atoms with Crippen molar-refractivity contribution in [2.24, 2.45) is 0 Å². The first-order valence-electron chi connectivity index (χ1n) is 7.42. The average Bonchev–Trinajstić information content (AvgIpc) is 2.80. The Morgan fingerprint density at radius 1 is 1.18 bits per heavy atom. The predicted octanol–water partition coefficient (Wildman–Crippen LogP) is 2.65. The molecule has 3 aromatic rings. The van der Waals surface area contributed by atoms with Crippen LogP contribution in [0.25, 0.3) is 10.9 Å². The number of nitrogens with zero attached hydrogens (tertiary/aromatic N) is 3. The lowest BCUT2D eigenvalue weighted by atomic mass is 10.1. The van der Waals surface area contributed by atoms with Crippen LogP contribution in [0.3, 0.4) is 0 Å². The van der Waals surface area contributed by atoms with Gasteiger partial charge in [0.05, 0.1) is 30.0 Å². The van der Waals surface area contributed by atoms with E-state index in [1.165, 1.54) is 5.56 Å². The van der Waals surface area contributed by atoms with Crippen LogP contribution in [0, 0.1) is 13.8 Å². The molecule has 2 aromatic heterocycles. The van der Waals surface area contributed by atoms with Gasteiger partial charge in [0.2, 0.25) is 0 Å². The van der Waals surface area contributed by atoms with Gasteiger partial charge in [-0.15, -0.1) is 0 Å². The Hall–Kier alpha value is -2.40. The molecule has 0 bridgehead atoms. The Morgan fingerprint density at radius 2 is 2.00 bits per heavy atom. The van der Waals surface area contributed by atoms with Crippen LogP contribution in [-0.4, -0.2) is 26.5 Å². The Kier molecular flexibility index (Phi) is 4.06. The number of anilines is 1. The molecular weight excluding hydrogens is 276 g/mol. The van der Waals surface area contributed by atoms with E-state index in [9.17, 15) is 0 Å². The fraction of sp³-hybridized carbons (Fsp3) is 0.294. The van der Waals surface area contributed by atoms with Gasteiger partial charge in [-0.2, -0.15) is 5.10 Å². The third-order valence-corrected chi connectivity index (χ3v) is 3.93. The van der Waals surface area contributed by atoms with Gasteiger partial charge >= 0.3 is 0 Å². The maximum Gasteiger partial charge on any atom is 0.0933 e. The van der Waals surface area contributed by atoms with Gasteiger partial charge < -0.3 is 10.4 Å². The largest absolute Gasteiger partial charge is 0.394 e. The molecule has 0 fully saturated rings. The fourth-order valence-corrected chi connectivity index (χ4v) is 2.73. The van der Waals surface area contributed by atoms with Crippen LogP contribution in [0.4, 0.5) is 5.69 Å². The molecule has 0 aliphatic rings. The van der Waals surface area contributed by atoms with Crippen molar-refractivity contribution in [3.63, 3.8) is 0 Å². The summed E-state index contributed by atoms with van der Waals surface area (Å²) < 4.78 is 1.85. The minimum absolute atomic E-state index is 0.0993. The number of pyridine rings is 1. The number of fused-ring (bicyclic) bond motifs is 1. The Balaban J connectivity index is 1.86. The molecular formula is C17H20N4O. The number of nitrogens with one attached hydrogen (secondary N) is 1. The SMILES string of the molecule is Cc1nn(CCO)c(C)c1CNc1cccc2cccnc12. The van der Waals surface area contributed by atoms with Crippen LogP contribution in [0.2, 0.25) is 0 Å². The van der Waals surface area contributed by atoms with Crippen molar-refractivity contribution < 1.29 is 5.11 Å². The van der Waals surface area contributed by atoms with Gasteiger partial charge in [0.1, 0.15) is 0 Å². The summed E-state index contributed by atoms with van der Waals surface area (Å²) in [6.45, 7) is 5.36. The van der Waals surface area contributed by atoms with E-state index in [-0.39, 0.29) is 6.61 Å². The second-order valence-corrected chi connectivity index (χ2v) is 5.33. The lowest BCUT2D eigenvalue weighted by molar-refractivity contribution is 0.268. The van der Waals surface area contributed by atoms with Gasteiger partial charge in [-0.1, -0.05) is 18.2 Å². The fourth-order valence-electron chi connectivity index (χ4n) is 2.73. The van der Waals surface area contributed by atoms with Crippen LogP contribution in [0.15, 0.2) is 36.5 Å². The van der Waals surface area contributed by atoms with Crippen molar-refractivity contribution in [1.82, 2.24) is 14.8 Å². The number of benzene rings is 1. The molecule has 0 atom stereocenters. The van der Waals surface area contributed by atoms with Gasteiger partial charge in [0.25, 0.3) is 0 Å². The van der Waals surface area contributed by atoms with E-state index >= 15 is 0 Å². The van der Waals surface area contributed by atoms with Crippen LogP contribution < -0.4 is 5.32 Å². The number of hydrogen-bond donors (Lipinski definition) is 2. The van der Waals surface area contributed by atoms with Gasteiger partial charge in [0.15, 0.2) is 0 Å². The Bertz CT molecular complexity index is 789. The molecule has 0 spiro atoms. The number of para-hydroxylation sites is 1. The summed E-state index contributed by atoms with van der Waals surface area (Å²) in [4.78, 5) is 4.46. The molecule has 3 rings (SSSR count). The van der Waals surface area contributed by atoms with Gasteiger partial charge in [-0.05, 0) is 26.0 Å². The van der Waals surface area contributed by atoms with Gasteiger partial charge in [-0.25, -0.2) is 0 Å². The Labute approximate surface area is 129 Å². The summed E-state index contributed by atoms with van der Waals surface area (Å²) in [5.74, 6) is 0. The molecule has 0 saturated carbocycles. The van der Waals surface area contributed by atoms with Crippen molar-refractivity contribution in [2.45, 2.75) is 26.9 Å². The second-order valence-electron chi connectivity index (χ2n) is 5.33. The van der Waals surface area contributed by atoms with Crippen molar-refractivity contribution in [3.8, 4) is 0 Å². The summed E-state index contributed by atoms with van der Waals surface area (Å²) in [5.41, 5.74) is 5.25. The maximum atomic E-state index is 9.09. The molecule has 5 nitrogen and oxygen atoms in total. The molecule has 0 aliphatic carbocycles. The molecule has 22 heavy (non-hydrogen) atoms. The molecule has 2 N–H and O–H groups in total. The molecule has 114 valence electrons.